The minimum absolute atomic E-state index is 0.0330. The van der Waals surface area contributed by atoms with Crippen molar-refractivity contribution in [2.24, 2.45) is 0 Å². The molecule has 5 nitrogen and oxygen atoms in total. The van der Waals surface area contributed by atoms with Crippen LogP contribution in [-0.4, -0.2) is 17.8 Å². The standard InChI is InChI=1S/C16H22N2O3/c1-16(2,3)17-10-12-9-13(19-4)5-6-15(12)20-11-14-7-8-18-21-14/h5-9,17H,10-11H2,1-4H3. The molecule has 0 radical (unpaired) electrons. The maximum absolute atomic E-state index is 5.82. The minimum Gasteiger partial charge on any atom is -0.497 e. The normalized spacial score (nSPS) is 11.4. The third kappa shape index (κ3) is 4.79. The van der Waals surface area contributed by atoms with Crippen molar-refractivity contribution in [1.82, 2.24) is 10.5 Å². The van der Waals surface area contributed by atoms with Gasteiger partial charge >= 0.3 is 0 Å². The molecule has 2 aromatic rings. The zero-order chi connectivity index (χ0) is 15.3. The van der Waals surface area contributed by atoms with E-state index in [1.54, 1.807) is 19.4 Å². The second kappa shape index (κ2) is 6.63. The van der Waals surface area contributed by atoms with Crippen LogP contribution in [0.1, 0.15) is 32.1 Å². The number of ether oxygens (including phenoxy) is 2. The van der Waals surface area contributed by atoms with Crippen molar-refractivity contribution in [2.75, 3.05) is 7.11 Å². The molecule has 114 valence electrons. The molecule has 0 saturated carbocycles. The van der Waals surface area contributed by atoms with Crippen molar-refractivity contribution in [2.45, 2.75) is 39.5 Å². The second-order valence-corrected chi connectivity index (χ2v) is 5.84. The predicted molar refractivity (Wildman–Crippen MR) is 80.4 cm³/mol. The number of methoxy groups -OCH3 is 1. The van der Waals surface area contributed by atoms with E-state index in [-0.39, 0.29) is 5.54 Å². The van der Waals surface area contributed by atoms with E-state index in [4.69, 9.17) is 14.0 Å². The minimum atomic E-state index is 0.0330. The lowest BCUT2D eigenvalue weighted by Crippen LogP contribution is -2.35. The number of nitrogens with zero attached hydrogens (tertiary/aromatic N) is 1. The van der Waals surface area contributed by atoms with Crippen molar-refractivity contribution in [1.29, 1.82) is 0 Å². The van der Waals surface area contributed by atoms with E-state index in [1.165, 1.54) is 0 Å². The maximum atomic E-state index is 5.82. The molecule has 5 heteroatoms. The third-order valence-electron chi connectivity index (χ3n) is 2.94. The van der Waals surface area contributed by atoms with Crippen molar-refractivity contribution in [3.8, 4) is 11.5 Å². The number of benzene rings is 1. The Kier molecular flexibility index (Phi) is 4.85. The topological polar surface area (TPSA) is 56.5 Å². The summed E-state index contributed by atoms with van der Waals surface area (Å²) in [4.78, 5) is 0. The lowest BCUT2D eigenvalue weighted by Gasteiger charge is -2.22. The Morgan fingerprint density at radius 1 is 1.24 bits per heavy atom. The number of hydrogen-bond donors (Lipinski definition) is 1. The Morgan fingerprint density at radius 2 is 2.05 bits per heavy atom. The van der Waals surface area contributed by atoms with Crippen LogP contribution in [0.25, 0.3) is 0 Å². The molecule has 0 amide bonds. The Bertz CT molecular complexity index is 559. The molecule has 0 unspecified atom stereocenters. The molecule has 1 aromatic heterocycles. The fraction of sp³-hybridized carbons (Fsp3) is 0.438. The Hall–Kier alpha value is -2.01. The molecule has 1 heterocycles. The molecule has 0 atom stereocenters. The van der Waals surface area contributed by atoms with Crippen molar-refractivity contribution in [3.05, 3.63) is 41.8 Å². The molecule has 1 aromatic carbocycles. The van der Waals surface area contributed by atoms with Crippen LogP contribution in [-0.2, 0) is 13.2 Å². The van der Waals surface area contributed by atoms with E-state index in [2.05, 4.69) is 31.2 Å². The summed E-state index contributed by atoms with van der Waals surface area (Å²) in [6, 6.07) is 7.57. The van der Waals surface area contributed by atoms with Gasteiger partial charge in [-0.25, -0.2) is 0 Å². The van der Waals surface area contributed by atoms with Crippen LogP contribution < -0.4 is 14.8 Å². The monoisotopic (exact) mass is 290 g/mol. The first-order valence-corrected chi connectivity index (χ1v) is 6.92. The summed E-state index contributed by atoms with van der Waals surface area (Å²) < 4.78 is 16.1. The smallest absolute Gasteiger partial charge is 0.174 e. The number of aromatic nitrogens is 1. The van der Waals surface area contributed by atoms with Crippen LogP contribution >= 0.6 is 0 Å². The number of hydrogen-bond acceptors (Lipinski definition) is 5. The first-order chi connectivity index (χ1) is 9.98. The Morgan fingerprint density at radius 3 is 2.67 bits per heavy atom. The average Bonchev–Trinajstić information content (AvgIpc) is 2.95. The Labute approximate surface area is 125 Å². The van der Waals surface area contributed by atoms with E-state index >= 15 is 0 Å². The van der Waals surface area contributed by atoms with Gasteiger partial charge in [0, 0.05) is 23.7 Å². The molecule has 1 N–H and O–H groups in total. The van der Waals surface area contributed by atoms with Crippen molar-refractivity contribution in [3.63, 3.8) is 0 Å². The van der Waals surface area contributed by atoms with Gasteiger partial charge in [0.15, 0.2) is 5.76 Å². The molecule has 0 aliphatic heterocycles. The van der Waals surface area contributed by atoms with E-state index in [0.717, 1.165) is 17.1 Å². The average molecular weight is 290 g/mol. The highest BCUT2D eigenvalue weighted by Crippen LogP contribution is 2.25. The predicted octanol–water partition coefficient (Wildman–Crippen LogP) is 3.15. The van der Waals surface area contributed by atoms with Crippen LogP contribution in [0.2, 0.25) is 0 Å². The van der Waals surface area contributed by atoms with Gasteiger partial charge in [-0.2, -0.15) is 0 Å². The van der Waals surface area contributed by atoms with Gasteiger partial charge in [0.05, 0.1) is 13.3 Å². The van der Waals surface area contributed by atoms with Crippen molar-refractivity contribution >= 4 is 0 Å². The molecule has 21 heavy (non-hydrogen) atoms. The van der Waals surface area contributed by atoms with E-state index in [9.17, 15) is 0 Å². The summed E-state index contributed by atoms with van der Waals surface area (Å²) in [5.74, 6) is 2.32. The van der Waals surface area contributed by atoms with Crippen molar-refractivity contribution < 1.29 is 14.0 Å². The zero-order valence-electron chi connectivity index (χ0n) is 13.0. The quantitative estimate of drug-likeness (QED) is 0.885. The SMILES string of the molecule is COc1ccc(OCc2ccno2)c(CNC(C)(C)C)c1. The summed E-state index contributed by atoms with van der Waals surface area (Å²) in [7, 11) is 1.66. The van der Waals surface area contributed by atoms with Gasteiger partial charge in [-0.05, 0) is 39.0 Å². The van der Waals surface area contributed by atoms with Gasteiger partial charge in [-0.3, -0.25) is 0 Å². The fourth-order valence-corrected chi connectivity index (χ4v) is 1.79. The van der Waals surface area contributed by atoms with Crippen LogP contribution in [0.15, 0.2) is 35.0 Å². The largest absolute Gasteiger partial charge is 0.497 e. The lowest BCUT2D eigenvalue weighted by molar-refractivity contribution is 0.246. The van der Waals surface area contributed by atoms with Crippen LogP contribution in [0.3, 0.4) is 0 Å². The summed E-state index contributed by atoms with van der Waals surface area (Å²) in [6.07, 6.45) is 1.61. The highest BCUT2D eigenvalue weighted by Gasteiger charge is 2.12. The second-order valence-electron chi connectivity index (χ2n) is 5.84. The highest BCUT2D eigenvalue weighted by atomic mass is 16.5. The van der Waals surface area contributed by atoms with Gasteiger partial charge < -0.3 is 19.3 Å². The molecule has 2 rings (SSSR count). The van der Waals surface area contributed by atoms with Crippen LogP contribution in [0, 0.1) is 0 Å². The lowest BCUT2D eigenvalue weighted by atomic mass is 10.1. The van der Waals surface area contributed by atoms with Crippen LogP contribution in [0.4, 0.5) is 0 Å². The summed E-state index contributed by atoms with van der Waals surface area (Å²) >= 11 is 0. The highest BCUT2D eigenvalue weighted by molar-refractivity contribution is 5.40. The number of rotatable bonds is 6. The summed E-state index contributed by atoms with van der Waals surface area (Å²) in [5.41, 5.74) is 1.08. The van der Waals surface area contributed by atoms with E-state index in [1.807, 2.05) is 18.2 Å². The van der Waals surface area contributed by atoms with Gasteiger partial charge in [0.2, 0.25) is 0 Å². The van der Waals surface area contributed by atoms with Gasteiger partial charge in [-0.15, -0.1) is 0 Å². The zero-order valence-corrected chi connectivity index (χ0v) is 13.0. The first-order valence-electron chi connectivity index (χ1n) is 6.92. The molecular formula is C16H22N2O3. The van der Waals surface area contributed by atoms with Gasteiger partial charge in [-0.1, -0.05) is 5.16 Å². The van der Waals surface area contributed by atoms with Gasteiger partial charge in [0.25, 0.3) is 0 Å². The maximum Gasteiger partial charge on any atom is 0.174 e. The first kappa shape index (κ1) is 15.4. The molecular weight excluding hydrogens is 268 g/mol. The molecule has 0 aliphatic carbocycles. The third-order valence-corrected chi connectivity index (χ3v) is 2.94. The molecule has 0 bridgehead atoms. The van der Waals surface area contributed by atoms with Crippen LogP contribution in [0.5, 0.6) is 11.5 Å². The van der Waals surface area contributed by atoms with E-state index < -0.39 is 0 Å². The fourth-order valence-electron chi connectivity index (χ4n) is 1.79. The number of nitrogens with one attached hydrogen (secondary N) is 1. The van der Waals surface area contributed by atoms with E-state index in [0.29, 0.717) is 18.9 Å². The summed E-state index contributed by atoms with van der Waals surface area (Å²) in [6.45, 7) is 7.44. The summed E-state index contributed by atoms with van der Waals surface area (Å²) in [5, 5.41) is 7.12. The molecule has 0 aliphatic rings. The molecule has 0 saturated heterocycles. The Balaban J connectivity index is 2.10. The molecule has 0 spiro atoms. The molecule has 0 fully saturated rings. The van der Waals surface area contributed by atoms with Gasteiger partial charge in [0.1, 0.15) is 18.1 Å².